The molecule has 2 nitrogen and oxygen atoms in total. The van der Waals surface area contributed by atoms with Crippen LogP contribution >= 0.6 is 22.6 Å². The molecule has 2 atom stereocenters. The van der Waals surface area contributed by atoms with Crippen molar-refractivity contribution in [2.24, 2.45) is 11.8 Å². The van der Waals surface area contributed by atoms with Crippen LogP contribution in [0.25, 0.3) is 0 Å². The first-order chi connectivity index (χ1) is 9.79. The van der Waals surface area contributed by atoms with Gasteiger partial charge in [-0.25, -0.2) is 4.39 Å². The number of nitrogens with one attached hydrogen (secondary N) is 1. The Kier molecular flexibility index (Phi) is 5.11. The molecule has 0 aliphatic heterocycles. The van der Waals surface area contributed by atoms with Crippen molar-refractivity contribution in [1.82, 2.24) is 0 Å². The number of hydrogen-bond donors (Lipinski definition) is 1. The number of halogens is 5. The lowest BCUT2D eigenvalue weighted by molar-refractivity contribution is -0.197. The van der Waals surface area contributed by atoms with Gasteiger partial charge in [0.1, 0.15) is 5.82 Å². The lowest BCUT2D eigenvalue weighted by Crippen LogP contribution is -2.39. The van der Waals surface area contributed by atoms with Crippen molar-refractivity contribution < 1.29 is 22.4 Å². The highest BCUT2D eigenvalue weighted by Gasteiger charge is 2.48. The average Bonchev–Trinajstić information content (AvgIpc) is 2.41. The first kappa shape index (κ1) is 16.5. The summed E-state index contributed by atoms with van der Waals surface area (Å²) in [5.41, 5.74) is 0.341. The fourth-order valence-corrected chi connectivity index (χ4v) is 3.26. The van der Waals surface area contributed by atoms with E-state index < -0.39 is 29.7 Å². The summed E-state index contributed by atoms with van der Waals surface area (Å²) in [5.74, 6) is -3.76. The number of anilines is 1. The summed E-state index contributed by atoms with van der Waals surface area (Å²) >= 11 is 1.83. The lowest BCUT2D eigenvalue weighted by Gasteiger charge is -2.32. The maximum atomic E-state index is 13.0. The van der Waals surface area contributed by atoms with Gasteiger partial charge in [-0.1, -0.05) is 12.8 Å². The highest BCUT2D eigenvalue weighted by Crippen LogP contribution is 2.42. The first-order valence-electron chi connectivity index (χ1n) is 6.61. The van der Waals surface area contributed by atoms with Crippen LogP contribution in [-0.4, -0.2) is 12.1 Å². The van der Waals surface area contributed by atoms with Crippen molar-refractivity contribution in [3.05, 3.63) is 27.6 Å². The summed E-state index contributed by atoms with van der Waals surface area (Å²) < 4.78 is 52.4. The molecule has 7 heteroatoms. The Balaban J connectivity index is 2.14. The molecule has 1 aromatic rings. The third kappa shape index (κ3) is 4.08. The maximum absolute atomic E-state index is 13.0. The quantitative estimate of drug-likeness (QED) is 0.549. The Morgan fingerprint density at radius 3 is 2.52 bits per heavy atom. The Hall–Kier alpha value is -0.860. The van der Waals surface area contributed by atoms with Gasteiger partial charge in [0, 0.05) is 9.49 Å². The summed E-state index contributed by atoms with van der Waals surface area (Å²) in [6, 6.07) is 3.75. The van der Waals surface area contributed by atoms with Crippen LogP contribution in [0.4, 0.5) is 23.2 Å². The van der Waals surface area contributed by atoms with Crippen molar-refractivity contribution in [1.29, 1.82) is 0 Å². The van der Waals surface area contributed by atoms with Gasteiger partial charge in [0.15, 0.2) is 0 Å². The molecule has 1 aliphatic carbocycles. The van der Waals surface area contributed by atoms with Gasteiger partial charge in [-0.3, -0.25) is 4.79 Å². The lowest BCUT2D eigenvalue weighted by atomic mass is 9.78. The molecule has 0 spiro atoms. The number of benzene rings is 1. The zero-order valence-electron chi connectivity index (χ0n) is 11.0. The molecule has 2 unspecified atom stereocenters. The van der Waals surface area contributed by atoms with E-state index in [1.165, 1.54) is 18.2 Å². The largest absolute Gasteiger partial charge is 0.392 e. The molecule has 1 N–H and O–H groups in total. The molecule has 1 aromatic carbocycles. The molecule has 0 radical (unpaired) electrons. The Labute approximate surface area is 133 Å². The highest BCUT2D eigenvalue weighted by atomic mass is 127. The van der Waals surface area contributed by atoms with Crippen LogP contribution < -0.4 is 5.32 Å². The van der Waals surface area contributed by atoms with Crippen molar-refractivity contribution >= 4 is 34.2 Å². The predicted molar refractivity (Wildman–Crippen MR) is 79.2 cm³/mol. The maximum Gasteiger partial charge on any atom is 0.392 e. The number of alkyl halides is 3. The summed E-state index contributed by atoms with van der Waals surface area (Å²) in [4.78, 5) is 12.2. The van der Waals surface area contributed by atoms with Crippen LogP contribution in [0.5, 0.6) is 0 Å². The number of carbonyl (C=O) groups excluding carboxylic acids is 1. The molecule has 0 bridgehead atoms. The van der Waals surface area contributed by atoms with Crippen LogP contribution in [0.3, 0.4) is 0 Å². The molecule has 116 valence electrons. The van der Waals surface area contributed by atoms with E-state index in [-0.39, 0.29) is 12.8 Å². The molecule has 2 rings (SSSR count). The van der Waals surface area contributed by atoms with Gasteiger partial charge in [0.2, 0.25) is 5.91 Å². The summed E-state index contributed by atoms with van der Waals surface area (Å²) in [5, 5.41) is 2.50. The topological polar surface area (TPSA) is 29.1 Å². The van der Waals surface area contributed by atoms with Crippen molar-refractivity contribution in [3.63, 3.8) is 0 Å². The van der Waals surface area contributed by atoms with Crippen molar-refractivity contribution in [2.45, 2.75) is 31.9 Å². The molecule has 1 fully saturated rings. The number of hydrogen-bond acceptors (Lipinski definition) is 1. The second-order valence-electron chi connectivity index (χ2n) is 5.15. The van der Waals surface area contributed by atoms with Gasteiger partial charge >= 0.3 is 6.18 Å². The molecule has 1 saturated carbocycles. The summed E-state index contributed by atoms with van der Waals surface area (Å²) in [7, 11) is 0. The smallest absolute Gasteiger partial charge is 0.325 e. The molecular weight excluding hydrogens is 401 g/mol. The van der Waals surface area contributed by atoms with Gasteiger partial charge < -0.3 is 5.32 Å². The standard InChI is InChI=1S/C14H14F4INO/c15-8-5-6-12(11(19)7-8)20-13(21)9-3-1-2-4-10(9)14(16,17)18/h5-7,9-10H,1-4H2,(H,20,21). The van der Waals surface area contributed by atoms with Gasteiger partial charge in [-0.15, -0.1) is 0 Å². The fourth-order valence-electron chi connectivity index (χ4n) is 2.65. The normalized spacial score (nSPS) is 22.9. The van der Waals surface area contributed by atoms with Crippen LogP contribution in [0.15, 0.2) is 18.2 Å². The Morgan fingerprint density at radius 1 is 1.24 bits per heavy atom. The third-order valence-corrected chi connectivity index (χ3v) is 4.60. The molecule has 1 aliphatic rings. The summed E-state index contributed by atoms with van der Waals surface area (Å²) in [6.45, 7) is 0. The second kappa shape index (κ2) is 6.50. The molecule has 1 amide bonds. The van der Waals surface area contributed by atoms with E-state index in [1.54, 1.807) is 0 Å². The molecular formula is C14H14F4INO. The number of carbonyl (C=O) groups is 1. The van der Waals surface area contributed by atoms with Crippen LogP contribution in [0, 0.1) is 21.2 Å². The number of rotatable bonds is 2. The van der Waals surface area contributed by atoms with Gasteiger partial charge in [-0.05, 0) is 53.6 Å². The molecule has 0 aromatic heterocycles. The monoisotopic (exact) mass is 415 g/mol. The van der Waals surface area contributed by atoms with E-state index >= 15 is 0 Å². The van der Waals surface area contributed by atoms with Gasteiger partial charge in [0.05, 0.1) is 11.6 Å². The SMILES string of the molecule is O=C(Nc1ccc(F)cc1I)C1CCCCC1C(F)(F)F. The first-order valence-corrected chi connectivity index (χ1v) is 7.69. The summed E-state index contributed by atoms with van der Waals surface area (Å²) in [6.07, 6.45) is -3.04. The van der Waals surface area contributed by atoms with Crippen LogP contribution in [0.2, 0.25) is 0 Å². The predicted octanol–water partition coefficient (Wildman–Crippen LogP) is 4.74. The van der Waals surface area contributed by atoms with E-state index in [9.17, 15) is 22.4 Å². The zero-order valence-corrected chi connectivity index (χ0v) is 13.2. The molecule has 0 heterocycles. The Bertz CT molecular complexity index is 532. The van der Waals surface area contributed by atoms with Gasteiger partial charge in [0.25, 0.3) is 0 Å². The minimum absolute atomic E-state index is 0.0118. The molecule has 0 saturated heterocycles. The van der Waals surface area contributed by atoms with E-state index in [1.807, 2.05) is 22.6 Å². The minimum Gasteiger partial charge on any atom is -0.325 e. The highest BCUT2D eigenvalue weighted by molar-refractivity contribution is 14.1. The fraction of sp³-hybridized carbons (Fsp3) is 0.500. The Morgan fingerprint density at radius 2 is 1.90 bits per heavy atom. The van der Waals surface area contributed by atoms with E-state index in [0.717, 1.165) is 0 Å². The van der Waals surface area contributed by atoms with E-state index in [4.69, 9.17) is 0 Å². The minimum atomic E-state index is -4.36. The third-order valence-electron chi connectivity index (χ3n) is 3.71. The zero-order chi connectivity index (χ0) is 15.6. The van der Waals surface area contributed by atoms with Gasteiger partial charge in [-0.2, -0.15) is 13.2 Å². The van der Waals surface area contributed by atoms with Crippen molar-refractivity contribution in [3.8, 4) is 0 Å². The van der Waals surface area contributed by atoms with E-state index in [2.05, 4.69) is 5.32 Å². The average molecular weight is 415 g/mol. The molecule has 21 heavy (non-hydrogen) atoms. The van der Waals surface area contributed by atoms with E-state index in [0.29, 0.717) is 22.1 Å². The van der Waals surface area contributed by atoms with Crippen LogP contribution in [-0.2, 0) is 4.79 Å². The van der Waals surface area contributed by atoms with Crippen LogP contribution in [0.1, 0.15) is 25.7 Å². The second-order valence-corrected chi connectivity index (χ2v) is 6.31. The number of amides is 1. The van der Waals surface area contributed by atoms with Crippen molar-refractivity contribution in [2.75, 3.05) is 5.32 Å².